The highest BCUT2D eigenvalue weighted by atomic mass is 32.1. The van der Waals surface area contributed by atoms with Gasteiger partial charge in [0.15, 0.2) is 5.11 Å². The summed E-state index contributed by atoms with van der Waals surface area (Å²) in [7, 11) is 0. The lowest BCUT2D eigenvalue weighted by Crippen LogP contribution is -2.45. The molecule has 4 heteroatoms. The molecule has 1 fully saturated rings. The third kappa shape index (κ3) is 2.20. The molecule has 3 nitrogen and oxygen atoms in total. The maximum absolute atomic E-state index is 12.1. The Hall–Kier alpha value is -0.900. The molecule has 0 radical (unpaired) electrons. The molecular formula is C11H18N2OS. The lowest BCUT2D eigenvalue weighted by atomic mass is 10.1. The predicted octanol–water partition coefficient (Wildman–Crippen LogP) is 2.19. The van der Waals surface area contributed by atoms with Crippen LogP contribution < -0.4 is 5.32 Å². The summed E-state index contributed by atoms with van der Waals surface area (Å²) in [5.74, 6) is -0.00755. The fraction of sp³-hybridized carbons (Fsp3) is 0.636. The van der Waals surface area contributed by atoms with E-state index in [1.54, 1.807) is 4.90 Å². The van der Waals surface area contributed by atoms with E-state index >= 15 is 0 Å². The van der Waals surface area contributed by atoms with Gasteiger partial charge in [0.25, 0.3) is 5.91 Å². The van der Waals surface area contributed by atoms with Crippen molar-refractivity contribution in [2.45, 2.75) is 46.6 Å². The molecule has 0 atom stereocenters. The molecule has 1 heterocycles. The number of carbonyl (C=O) groups excluding carboxylic acids is 1. The largest absolute Gasteiger partial charge is 0.328 e. The summed E-state index contributed by atoms with van der Waals surface area (Å²) in [4.78, 5) is 13.7. The quantitative estimate of drug-likeness (QED) is 0.549. The SMILES string of the molecule is CC/C(C)=C1/NC(=S)N(C(C)(C)C)C1=O. The molecule has 0 unspecified atom stereocenters. The Balaban J connectivity index is 3.10. The average Bonchev–Trinajstić information content (AvgIpc) is 2.39. The van der Waals surface area contributed by atoms with E-state index in [0.717, 1.165) is 12.0 Å². The third-order valence-electron chi connectivity index (χ3n) is 2.48. The maximum atomic E-state index is 12.1. The number of allylic oxidation sites excluding steroid dienone is 1. The highest BCUT2D eigenvalue weighted by Crippen LogP contribution is 2.23. The van der Waals surface area contributed by atoms with Crippen molar-refractivity contribution < 1.29 is 4.79 Å². The zero-order valence-electron chi connectivity index (χ0n) is 9.97. The lowest BCUT2D eigenvalue weighted by Gasteiger charge is -2.29. The van der Waals surface area contributed by atoms with Crippen molar-refractivity contribution in [1.29, 1.82) is 0 Å². The van der Waals surface area contributed by atoms with Gasteiger partial charge in [0, 0.05) is 5.54 Å². The smallest absolute Gasteiger partial charge is 0.276 e. The Morgan fingerprint density at radius 2 is 2.00 bits per heavy atom. The van der Waals surface area contributed by atoms with Crippen molar-refractivity contribution in [2.24, 2.45) is 0 Å². The van der Waals surface area contributed by atoms with Gasteiger partial charge in [-0.3, -0.25) is 9.69 Å². The molecule has 1 saturated heterocycles. The van der Waals surface area contributed by atoms with Gasteiger partial charge in [-0.2, -0.15) is 0 Å². The van der Waals surface area contributed by atoms with Crippen LogP contribution in [-0.2, 0) is 4.79 Å². The van der Waals surface area contributed by atoms with Gasteiger partial charge < -0.3 is 5.32 Å². The topological polar surface area (TPSA) is 32.3 Å². The highest BCUT2D eigenvalue weighted by molar-refractivity contribution is 7.80. The molecule has 0 saturated carbocycles. The maximum Gasteiger partial charge on any atom is 0.276 e. The minimum absolute atomic E-state index is 0.00755. The molecule has 1 amide bonds. The summed E-state index contributed by atoms with van der Waals surface area (Å²) in [6.07, 6.45) is 0.856. The fourth-order valence-electron chi connectivity index (χ4n) is 1.50. The number of thiocarbonyl (C=S) groups is 1. The van der Waals surface area contributed by atoms with Crippen LogP contribution in [0.25, 0.3) is 0 Å². The second kappa shape index (κ2) is 3.93. The van der Waals surface area contributed by atoms with Gasteiger partial charge in [0.2, 0.25) is 0 Å². The van der Waals surface area contributed by atoms with Crippen LogP contribution in [0.1, 0.15) is 41.0 Å². The first kappa shape index (κ1) is 12.2. The summed E-state index contributed by atoms with van der Waals surface area (Å²) in [5.41, 5.74) is 1.43. The third-order valence-corrected chi connectivity index (χ3v) is 2.76. The van der Waals surface area contributed by atoms with E-state index in [2.05, 4.69) is 5.32 Å². The Bertz CT molecular complexity index is 339. The summed E-state index contributed by atoms with van der Waals surface area (Å²) in [5, 5.41) is 3.51. The van der Waals surface area contributed by atoms with E-state index in [1.807, 2.05) is 34.6 Å². The zero-order chi connectivity index (χ0) is 11.8. The number of amides is 1. The number of nitrogens with one attached hydrogen (secondary N) is 1. The number of hydrogen-bond acceptors (Lipinski definition) is 2. The first-order valence-corrected chi connectivity index (χ1v) is 5.55. The summed E-state index contributed by atoms with van der Waals surface area (Å²) in [6, 6.07) is 0. The lowest BCUT2D eigenvalue weighted by molar-refractivity contribution is -0.125. The molecule has 0 aromatic heterocycles. The van der Waals surface area contributed by atoms with Gasteiger partial charge in [-0.1, -0.05) is 6.92 Å². The van der Waals surface area contributed by atoms with Crippen molar-refractivity contribution in [3.63, 3.8) is 0 Å². The minimum Gasteiger partial charge on any atom is -0.328 e. The molecule has 0 aromatic rings. The van der Waals surface area contributed by atoms with E-state index in [-0.39, 0.29) is 11.4 Å². The zero-order valence-corrected chi connectivity index (χ0v) is 10.8. The van der Waals surface area contributed by atoms with E-state index in [0.29, 0.717) is 10.8 Å². The molecule has 15 heavy (non-hydrogen) atoms. The Morgan fingerprint density at radius 3 is 2.33 bits per heavy atom. The van der Waals surface area contributed by atoms with Gasteiger partial charge in [-0.05, 0) is 51.9 Å². The minimum atomic E-state index is -0.267. The van der Waals surface area contributed by atoms with Gasteiger partial charge >= 0.3 is 0 Å². The standard InChI is InChI=1S/C11H18N2OS/c1-6-7(2)8-9(14)13(10(15)12-8)11(3,4)5/h6H2,1-5H3,(H,12,15)/b8-7+. The van der Waals surface area contributed by atoms with Crippen LogP contribution in [0.4, 0.5) is 0 Å². The molecule has 1 aliphatic heterocycles. The van der Waals surface area contributed by atoms with Gasteiger partial charge in [0.1, 0.15) is 5.70 Å². The van der Waals surface area contributed by atoms with Gasteiger partial charge in [0.05, 0.1) is 0 Å². The second-order valence-electron chi connectivity index (χ2n) is 4.75. The van der Waals surface area contributed by atoms with E-state index in [4.69, 9.17) is 12.2 Å². The Morgan fingerprint density at radius 1 is 1.47 bits per heavy atom. The van der Waals surface area contributed by atoms with E-state index < -0.39 is 0 Å². The van der Waals surface area contributed by atoms with Crippen LogP contribution in [0.3, 0.4) is 0 Å². The molecule has 0 aromatic carbocycles. The van der Waals surface area contributed by atoms with Crippen molar-refractivity contribution in [3.05, 3.63) is 11.3 Å². The number of carbonyl (C=O) groups is 1. The summed E-state index contributed by atoms with van der Waals surface area (Å²) in [6.45, 7) is 9.91. The number of rotatable bonds is 1. The molecule has 0 spiro atoms. The molecule has 0 aliphatic carbocycles. The number of hydrogen-bond donors (Lipinski definition) is 1. The molecule has 84 valence electrons. The van der Waals surface area contributed by atoms with Crippen LogP contribution >= 0.6 is 12.2 Å². The van der Waals surface area contributed by atoms with Crippen LogP contribution in [0.15, 0.2) is 11.3 Å². The predicted molar refractivity (Wildman–Crippen MR) is 65.3 cm³/mol. The van der Waals surface area contributed by atoms with Gasteiger partial charge in [-0.15, -0.1) is 0 Å². The first-order valence-electron chi connectivity index (χ1n) is 5.14. The van der Waals surface area contributed by atoms with Crippen molar-refractivity contribution in [2.75, 3.05) is 0 Å². The monoisotopic (exact) mass is 226 g/mol. The highest BCUT2D eigenvalue weighted by Gasteiger charge is 2.38. The number of nitrogens with zero attached hydrogens (tertiary/aromatic N) is 1. The molecular weight excluding hydrogens is 208 g/mol. The first-order chi connectivity index (χ1) is 6.79. The van der Waals surface area contributed by atoms with Crippen molar-refractivity contribution in [3.8, 4) is 0 Å². The van der Waals surface area contributed by atoms with Crippen LogP contribution in [-0.4, -0.2) is 21.5 Å². The summed E-state index contributed by atoms with van der Waals surface area (Å²) < 4.78 is 0. The fourth-order valence-corrected chi connectivity index (χ4v) is 1.95. The van der Waals surface area contributed by atoms with Crippen molar-refractivity contribution >= 4 is 23.2 Å². The van der Waals surface area contributed by atoms with Gasteiger partial charge in [-0.25, -0.2) is 0 Å². The van der Waals surface area contributed by atoms with E-state index in [9.17, 15) is 4.79 Å². The second-order valence-corrected chi connectivity index (χ2v) is 5.14. The van der Waals surface area contributed by atoms with Crippen LogP contribution in [0, 0.1) is 0 Å². The van der Waals surface area contributed by atoms with E-state index in [1.165, 1.54) is 0 Å². The normalized spacial score (nSPS) is 20.7. The average molecular weight is 226 g/mol. The van der Waals surface area contributed by atoms with Crippen molar-refractivity contribution in [1.82, 2.24) is 10.2 Å². The molecule has 1 aliphatic rings. The molecule has 1 rings (SSSR count). The molecule has 1 N–H and O–H groups in total. The molecule has 0 bridgehead atoms. The van der Waals surface area contributed by atoms with Crippen LogP contribution in [0.5, 0.6) is 0 Å². The summed E-state index contributed by atoms with van der Waals surface area (Å²) >= 11 is 5.17. The Kier molecular flexibility index (Phi) is 3.19. The van der Waals surface area contributed by atoms with Crippen LogP contribution in [0.2, 0.25) is 0 Å². The Labute approximate surface area is 96.5 Å².